The molecule has 0 bridgehead atoms. The van der Waals surface area contributed by atoms with Crippen LogP contribution in [0.3, 0.4) is 0 Å². The smallest absolute Gasteiger partial charge is 0.348 e. The highest BCUT2D eigenvalue weighted by Crippen LogP contribution is 2.39. The van der Waals surface area contributed by atoms with E-state index in [1.807, 2.05) is 172 Å². The number of anilines is 3. The summed E-state index contributed by atoms with van der Waals surface area (Å²) in [5.41, 5.74) is 26.8. The van der Waals surface area contributed by atoms with Gasteiger partial charge >= 0.3 is 5.69 Å². The van der Waals surface area contributed by atoms with Crippen LogP contribution in [0.5, 0.6) is 28.7 Å². The van der Waals surface area contributed by atoms with Crippen molar-refractivity contribution in [2.24, 2.45) is 0 Å². The van der Waals surface area contributed by atoms with Crippen molar-refractivity contribution in [3.63, 3.8) is 0 Å². The van der Waals surface area contributed by atoms with Crippen LogP contribution in [0.1, 0.15) is 204 Å². The molecule has 131 heavy (non-hydrogen) atoms. The number of hydrogen-bond acceptors (Lipinski definition) is 16. The summed E-state index contributed by atoms with van der Waals surface area (Å²) in [6.07, 6.45) is 24.2. The highest BCUT2D eigenvalue weighted by molar-refractivity contribution is 6.33. The molecule has 1 aromatic heterocycles. The maximum absolute atomic E-state index is 13.3. The lowest BCUT2D eigenvalue weighted by Gasteiger charge is -2.16. The van der Waals surface area contributed by atoms with E-state index >= 15 is 0 Å². The Morgan fingerprint density at radius 1 is 0.435 bits per heavy atom. The number of benzene rings is 12. The lowest BCUT2D eigenvalue weighted by atomic mass is 9.96. The van der Waals surface area contributed by atoms with Crippen molar-refractivity contribution >= 4 is 80.0 Å². The molecular formula is C110H105Cl3N6O12. The molecule has 0 aliphatic rings. The average Bonchev–Trinajstić information content (AvgIpc) is 0.758. The minimum Gasteiger partial charge on any atom is -0.481 e. The van der Waals surface area contributed by atoms with Crippen LogP contribution in [0.15, 0.2) is 260 Å². The number of hydrogen-bond donors (Lipinski definition) is 5. The van der Waals surface area contributed by atoms with E-state index in [1.165, 1.54) is 23.8 Å². The molecule has 13 aromatic rings. The average molecular weight is 1810 g/mol. The maximum Gasteiger partial charge on any atom is 0.348 e. The Balaban J connectivity index is 0.000000186. The molecule has 2 unspecified atom stereocenters. The van der Waals surface area contributed by atoms with E-state index in [9.17, 15) is 34.7 Å². The van der Waals surface area contributed by atoms with Gasteiger partial charge in [0.25, 0.3) is 5.69 Å². The number of rotatable bonds is 30. The number of nitrogen functional groups attached to an aromatic ring is 2. The minimum atomic E-state index is -1.12. The van der Waals surface area contributed by atoms with Crippen molar-refractivity contribution in [2.45, 2.75) is 124 Å². The van der Waals surface area contributed by atoms with Crippen molar-refractivity contribution in [3.8, 4) is 102 Å². The van der Waals surface area contributed by atoms with Gasteiger partial charge in [-0.1, -0.05) is 279 Å². The van der Waals surface area contributed by atoms with Crippen LogP contribution in [0.4, 0.5) is 22.7 Å². The van der Waals surface area contributed by atoms with Gasteiger partial charge in [-0.05, 0) is 183 Å². The van der Waals surface area contributed by atoms with Crippen molar-refractivity contribution in [1.29, 1.82) is 0 Å². The lowest BCUT2D eigenvalue weighted by molar-refractivity contribution is -0.386. The molecule has 0 fully saturated rings. The van der Waals surface area contributed by atoms with Crippen LogP contribution in [0.25, 0.3) is 22.2 Å². The summed E-state index contributed by atoms with van der Waals surface area (Å²) in [5.74, 6) is 16.0. The number of carbonyl (C=O) groups excluding carboxylic acids is 2. The van der Waals surface area contributed by atoms with Gasteiger partial charge in [-0.25, -0.2) is 4.79 Å². The molecule has 0 amide bonds. The first-order valence-corrected chi connectivity index (χ1v) is 43.4. The van der Waals surface area contributed by atoms with Gasteiger partial charge in [0.15, 0.2) is 11.6 Å². The number of fused-ring (bicyclic) bond motifs is 1. The Labute approximate surface area is 782 Å². The van der Waals surface area contributed by atoms with Crippen molar-refractivity contribution in [2.75, 3.05) is 49.8 Å². The number of carbonyl (C=O) groups is 2. The van der Waals surface area contributed by atoms with Gasteiger partial charge in [0, 0.05) is 83.5 Å². The molecule has 0 radical (unpaired) electrons. The number of nitrogens with zero attached hydrogens (tertiary/aromatic N) is 3. The van der Waals surface area contributed by atoms with Crippen LogP contribution >= 0.6 is 34.8 Å². The number of ether oxygens (including phenoxy) is 5. The van der Waals surface area contributed by atoms with Crippen LogP contribution in [0, 0.1) is 71.8 Å². The first-order chi connectivity index (χ1) is 62.9. The largest absolute Gasteiger partial charge is 0.481 e. The molecule has 12 aromatic carbocycles. The second-order valence-corrected chi connectivity index (χ2v) is 33.0. The number of aliphatic hydroxyl groups is 2. The van der Waals surface area contributed by atoms with E-state index in [4.69, 9.17) is 102 Å². The molecule has 2 atom stereocenters. The topological polar surface area (TPSA) is 263 Å². The quantitative estimate of drug-likeness (QED) is 0.00921. The van der Waals surface area contributed by atoms with E-state index in [1.54, 1.807) is 83.4 Å². The van der Waals surface area contributed by atoms with Gasteiger partial charge < -0.3 is 50.7 Å². The zero-order valence-electron chi connectivity index (χ0n) is 74.7. The number of nitrogens with one attached hydrogen (secondary N) is 1. The van der Waals surface area contributed by atoms with Crippen molar-refractivity contribution in [1.82, 2.24) is 9.55 Å². The molecule has 0 aliphatic heterocycles. The van der Waals surface area contributed by atoms with E-state index in [2.05, 4.69) is 95.3 Å². The zero-order chi connectivity index (χ0) is 95.0. The summed E-state index contributed by atoms with van der Waals surface area (Å²) in [6.45, 7) is 22.5. The molecule has 13 rings (SSSR count). The number of aliphatic hydroxyl groups excluding tert-OH is 2. The summed E-state index contributed by atoms with van der Waals surface area (Å²) in [7, 11) is 0. The highest BCUT2D eigenvalue weighted by Gasteiger charge is 2.26. The maximum atomic E-state index is 13.3. The molecule has 0 saturated carbocycles. The fourth-order valence-electron chi connectivity index (χ4n) is 13.8. The Bertz CT molecular complexity index is 6420. The zero-order valence-corrected chi connectivity index (χ0v) is 77.0. The predicted molar refractivity (Wildman–Crippen MR) is 530 cm³/mol. The van der Waals surface area contributed by atoms with Crippen LogP contribution in [-0.4, -0.2) is 69.3 Å². The van der Waals surface area contributed by atoms with E-state index in [0.717, 1.165) is 61.1 Å². The van der Waals surface area contributed by atoms with Gasteiger partial charge in [0.05, 0.1) is 28.2 Å². The second kappa shape index (κ2) is 49.2. The first-order valence-electron chi connectivity index (χ1n) is 42.3. The lowest BCUT2D eigenvalue weighted by Crippen LogP contribution is -2.24. The van der Waals surface area contributed by atoms with Crippen molar-refractivity contribution in [3.05, 3.63) is 374 Å². The molecule has 0 saturated heterocycles. The third-order valence-electron chi connectivity index (χ3n) is 20.9. The van der Waals surface area contributed by atoms with Gasteiger partial charge in [-0.2, -0.15) is 4.98 Å². The number of terminal acetylenes is 5. The van der Waals surface area contributed by atoms with Gasteiger partial charge in [0.1, 0.15) is 74.0 Å². The fraction of sp³-hybridized carbons (Fsp3) is 0.218. The normalized spacial score (nSPS) is 11.1. The minimum absolute atomic E-state index is 0.0520. The van der Waals surface area contributed by atoms with Gasteiger partial charge in [-0.15, -0.1) is 32.1 Å². The Morgan fingerprint density at radius 3 is 1.27 bits per heavy atom. The third kappa shape index (κ3) is 28.0. The molecule has 668 valence electrons. The summed E-state index contributed by atoms with van der Waals surface area (Å²) >= 11 is 19.2. The SMILES string of the molecule is C#CCOc1ccc(N)c(C(=O)c2ccc(C(C)C)c(Cl)c2)c1.C#CCOc1ccc(N)c(C(O)c2ccc(C(C)C)cc2)c1.C#CCOc1ccc(NCc2ccccc2)c(C(=O)c2ccc(C(C)C)c(Cl)c2)c1.C#CCOc1ccc([N+](=O)[O-])c(C(O)c2ccc(C(C)C)cc2)c1.C#CCOc1ccc2c(c1)c(-c1ccc(C(C)C)c(Cl)c1)nc(=O)n2Cc1ccccc1. The number of nitro benzene ring substituents is 1. The number of halogens is 3. The monoisotopic (exact) mass is 1810 g/mol. The summed E-state index contributed by atoms with van der Waals surface area (Å²) in [6, 6.07) is 76.9. The number of nitrogens with two attached hydrogens (primary N) is 2. The number of ketones is 2. The van der Waals surface area contributed by atoms with Crippen LogP contribution in [0.2, 0.25) is 15.1 Å². The first kappa shape index (κ1) is 100. The Morgan fingerprint density at radius 2 is 0.824 bits per heavy atom. The van der Waals surface area contributed by atoms with Crippen LogP contribution < -0.4 is 46.2 Å². The predicted octanol–water partition coefficient (Wildman–Crippen LogP) is 23.8. The van der Waals surface area contributed by atoms with Crippen molar-refractivity contribution < 1.29 is 48.4 Å². The fourth-order valence-corrected chi connectivity index (χ4v) is 15.0. The van der Waals surface area contributed by atoms with E-state index in [-0.39, 0.29) is 73.4 Å². The Kier molecular flexibility index (Phi) is 37.6. The molecule has 18 nitrogen and oxygen atoms in total. The Hall–Kier alpha value is -14.5. The molecule has 21 heteroatoms. The third-order valence-corrected chi connectivity index (χ3v) is 21.9. The molecule has 1 heterocycles. The second-order valence-electron chi connectivity index (χ2n) is 31.8. The summed E-state index contributed by atoms with van der Waals surface area (Å²) in [4.78, 5) is 54.3. The van der Waals surface area contributed by atoms with Gasteiger partial charge in [-0.3, -0.25) is 24.3 Å². The molecule has 0 spiro atoms. The molecular weight excluding hydrogens is 1700 g/mol. The number of aromatic nitrogens is 2. The summed E-state index contributed by atoms with van der Waals surface area (Å²) in [5, 5.41) is 38.4. The van der Waals surface area contributed by atoms with Crippen LogP contribution in [-0.2, 0) is 13.1 Å². The highest BCUT2D eigenvalue weighted by atomic mass is 35.5. The standard InChI is InChI=1S/C27H23ClN2O2.C26H24ClNO2.C19H18ClNO2.C19H19NO4.C19H21NO2/c1-4-14-32-21-11-13-25-23(16-21)26(20-10-12-22(18(2)3)24(28)15-20)29-27(31)30(25)17-19-8-6-5-7-9-19;1-4-14-30-21-11-13-25(28-17-19-8-6-5-7-9-19)23(16-21)26(29)20-10-12-22(18(2)3)24(27)15-20;1-4-9-23-14-6-8-18(21)16(11-14)19(22)13-5-7-15(12(2)3)17(20)10-13;1-4-11-24-16-9-10-18(20(22)23)17(12-16)19(21)15-7-5-14(6-8-15)13(2)3;1-4-11-22-16-9-10-18(20)17(12-16)19(21)15-7-5-14(6-8-15)13(2)3/h1,5-13,15-16,18H,14,17H2,2-3H3;1,5-13,15-16,18,28H,14,17H2,2-3H3;1,5-8,10-12H,9,21H2,2-3H3;1,5-10,12-13,19,21H,11H2,2-3H3;1,5-10,12-13,19,21H,11,20H2,2-3H3. The van der Waals surface area contributed by atoms with Gasteiger partial charge in [0.2, 0.25) is 0 Å². The molecule has 0 aliphatic carbocycles. The van der Waals surface area contributed by atoms with E-state index < -0.39 is 17.1 Å². The van der Waals surface area contributed by atoms with E-state index in [0.29, 0.717) is 125 Å². The molecule has 7 N–H and O–H groups in total. The number of nitro groups is 1. The summed E-state index contributed by atoms with van der Waals surface area (Å²) < 4.78 is 28.9.